The lowest BCUT2D eigenvalue weighted by Gasteiger charge is -2.08. The fourth-order valence-corrected chi connectivity index (χ4v) is 1.89. The van der Waals surface area contributed by atoms with Crippen molar-refractivity contribution in [3.05, 3.63) is 58.2 Å². The van der Waals surface area contributed by atoms with Gasteiger partial charge in [0, 0.05) is 24.0 Å². The van der Waals surface area contributed by atoms with Gasteiger partial charge < -0.3 is 9.88 Å². The van der Waals surface area contributed by atoms with Crippen molar-refractivity contribution in [2.45, 2.75) is 20.0 Å². The quantitative estimate of drug-likeness (QED) is 0.636. The van der Waals surface area contributed by atoms with E-state index in [0.29, 0.717) is 18.7 Å². The number of imidazole rings is 1. The molecule has 19 heavy (non-hydrogen) atoms. The van der Waals surface area contributed by atoms with E-state index >= 15 is 0 Å². The van der Waals surface area contributed by atoms with Gasteiger partial charge in [0.15, 0.2) is 0 Å². The number of hydrogen-bond acceptors (Lipinski definition) is 4. The zero-order chi connectivity index (χ0) is 13.7. The highest BCUT2D eigenvalue weighted by atomic mass is 16.6. The highest BCUT2D eigenvalue weighted by Crippen LogP contribution is 2.19. The summed E-state index contributed by atoms with van der Waals surface area (Å²) in [6, 6.07) is 6.78. The molecule has 0 saturated heterocycles. The first-order valence-electron chi connectivity index (χ1n) is 6.15. The first-order valence-corrected chi connectivity index (χ1v) is 6.15. The Kier molecular flexibility index (Phi) is 4.25. The second-order valence-electron chi connectivity index (χ2n) is 4.14. The molecule has 0 saturated carbocycles. The normalized spacial score (nSPS) is 10.6. The number of aromatic nitrogens is 2. The Balaban J connectivity index is 2.22. The third kappa shape index (κ3) is 3.17. The maximum atomic E-state index is 11.0. The molecule has 1 N–H and O–H groups in total. The first kappa shape index (κ1) is 13.2. The van der Waals surface area contributed by atoms with Gasteiger partial charge in [0.2, 0.25) is 0 Å². The van der Waals surface area contributed by atoms with Crippen LogP contribution in [0, 0.1) is 10.1 Å². The molecular weight excluding hydrogens is 244 g/mol. The van der Waals surface area contributed by atoms with E-state index in [1.54, 1.807) is 18.3 Å². The Bertz CT molecular complexity index is 565. The van der Waals surface area contributed by atoms with Crippen LogP contribution < -0.4 is 5.32 Å². The van der Waals surface area contributed by atoms with Crippen molar-refractivity contribution in [1.82, 2.24) is 14.9 Å². The summed E-state index contributed by atoms with van der Waals surface area (Å²) in [5, 5.41) is 14.2. The molecule has 2 aromatic rings. The van der Waals surface area contributed by atoms with E-state index in [1.165, 1.54) is 6.07 Å². The molecule has 1 aromatic carbocycles. The lowest BCUT2D eigenvalue weighted by molar-refractivity contribution is -0.385. The second-order valence-corrected chi connectivity index (χ2v) is 4.14. The van der Waals surface area contributed by atoms with Crippen LogP contribution in [0.15, 0.2) is 36.7 Å². The van der Waals surface area contributed by atoms with Crippen molar-refractivity contribution in [3.8, 4) is 0 Å². The third-order valence-corrected chi connectivity index (χ3v) is 2.86. The lowest BCUT2D eigenvalue weighted by Crippen LogP contribution is -2.16. The van der Waals surface area contributed by atoms with Crippen LogP contribution in [0.2, 0.25) is 0 Å². The summed E-state index contributed by atoms with van der Waals surface area (Å²) in [6.07, 6.45) is 3.55. The molecule has 0 unspecified atom stereocenters. The van der Waals surface area contributed by atoms with Crippen LogP contribution in [0.1, 0.15) is 18.3 Å². The minimum atomic E-state index is -0.351. The summed E-state index contributed by atoms with van der Waals surface area (Å²) in [4.78, 5) is 14.9. The van der Waals surface area contributed by atoms with Gasteiger partial charge >= 0.3 is 0 Å². The van der Waals surface area contributed by atoms with Gasteiger partial charge in [-0.25, -0.2) is 4.98 Å². The summed E-state index contributed by atoms with van der Waals surface area (Å²) < 4.78 is 1.92. The molecule has 0 aliphatic heterocycles. The molecule has 0 atom stereocenters. The summed E-state index contributed by atoms with van der Waals surface area (Å²) in [5.74, 6) is 0.875. The fraction of sp³-hybridized carbons (Fsp3) is 0.308. The molecule has 100 valence electrons. The van der Waals surface area contributed by atoms with Crippen LogP contribution in [-0.4, -0.2) is 21.0 Å². The number of nitro groups is 1. The third-order valence-electron chi connectivity index (χ3n) is 2.86. The summed E-state index contributed by atoms with van der Waals surface area (Å²) in [6.45, 7) is 4.00. The molecule has 2 rings (SSSR count). The molecule has 6 heteroatoms. The Labute approximate surface area is 111 Å². The highest BCUT2D eigenvalue weighted by molar-refractivity contribution is 5.39. The van der Waals surface area contributed by atoms with E-state index in [1.807, 2.05) is 23.8 Å². The highest BCUT2D eigenvalue weighted by Gasteiger charge is 2.13. The number of benzene rings is 1. The molecule has 0 amide bonds. The van der Waals surface area contributed by atoms with Crippen molar-refractivity contribution in [1.29, 1.82) is 0 Å². The van der Waals surface area contributed by atoms with Crippen molar-refractivity contribution < 1.29 is 4.92 Å². The zero-order valence-electron chi connectivity index (χ0n) is 10.7. The summed E-state index contributed by atoms with van der Waals surface area (Å²) in [7, 11) is 0. The van der Waals surface area contributed by atoms with Crippen molar-refractivity contribution in [2.75, 3.05) is 6.54 Å². The van der Waals surface area contributed by atoms with Crippen LogP contribution in [0.5, 0.6) is 0 Å². The van der Waals surface area contributed by atoms with Gasteiger partial charge in [0.1, 0.15) is 5.82 Å². The fourth-order valence-electron chi connectivity index (χ4n) is 1.89. The monoisotopic (exact) mass is 260 g/mol. The molecule has 0 spiro atoms. The van der Waals surface area contributed by atoms with Gasteiger partial charge in [-0.05, 0) is 6.54 Å². The van der Waals surface area contributed by atoms with E-state index in [0.717, 1.165) is 12.4 Å². The summed E-state index contributed by atoms with van der Waals surface area (Å²) in [5.41, 5.74) is 0.828. The summed E-state index contributed by atoms with van der Waals surface area (Å²) >= 11 is 0. The number of nitro benzene ring substituents is 1. The van der Waals surface area contributed by atoms with Gasteiger partial charge in [-0.2, -0.15) is 0 Å². The Morgan fingerprint density at radius 3 is 2.95 bits per heavy atom. The number of rotatable bonds is 6. The van der Waals surface area contributed by atoms with E-state index in [9.17, 15) is 10.1 Å². The van der Waals surface area contributed by atoms with E-state index in [-0.39, 0.29) is 10.6 Å². The van der Waals surface area contributed by atoms with E-state index in [2.05, 4.69) is 10.3 Å². The average molecular weight is 260 g/mol. The van der Waals surface area contributed by atoms with Crippen LogP contribution in [0.4, 0.5) is 5.69 Å². The first-order chi connectivity index (χ1) is 9.22. The number of nitrogens with zero attached hydrogens (tertiary/aromatic N) is 3. The minimum Gasteiger partial charge on any atom is -0.329 e. The van der Waals surface area contributed by atoms with Crippen LogP contribution in [0.3, 0.4) is 0 Å². The maximum Gasteiger partial charge on any atom is 0.274 e. The van der Waals surface area contributed by atoms with Crippen molar-refractivity contribution in [2.24, 2.45) is 0 Å². The molecule has 0 bridgehead atoms. The van der Waals surface area contributed by atoms with E-state index < -0.39 is 0 Å². The molecule has 1 aromatic heterocycles. The van der Waals surface area contributed by atoms with Gasteiger partial charge in [-0.1, -0.05) is 25.1 Å². The standard InChI is InChI=1S/C13H16N4O2/c1-2-14-9-13-15-7-8-16(13)10-11-5-3-4-6-12(11)17(18)19/h3-8,14H,2,9-10H2,1H3. The van der Waals surface area contributed by atoms with E-state index in [4.69, 9.17) is 0 Å². The number of hydrogen-bond donors (Lipinski definition) is 1. The molecule has 0 radical (unpaired) electrons. The van der Waals surface area contributed by atoms with Crippen LogP contribution in [-0.2, 0) is 13.1 Å². The van der Waals surface area contributed by atoms with Crippen molar-refractivity contribution >= 4 is 5.69 Å². The van der Waals surface area contributed by atoms with Crippen molar-refractivity contribution in [3.63, 3.8) is 0 Å². The van der Waals surface area contributed by atoms with Crippen LogP contribution in [0.25, 0.3) is 0 Å². The predicted molar refractivity (Wildman–Crippen MR) is 71.8 cm³/mol. The van der Waals surface area contributed by atoms with Gasteiger partial charge in [-0.3, -0.25) is 10.1 Å². The number of para-hydroxylation sites is 1. The van der Waals surface area contributed by atoms with Crippen LogP contribution >= 0.6 is 0 Å². The Hall–Kier alpha value is -2.21. The van der Waals surface area contributed by atoms with Gasteiger partial charge in [-0.15, -0.1) is 0 Å². The molecule has 0 aliphatic rings. The minimum absolute atomic E-state index is 0.144. The Morgan fingerprint density at radius 1 is 1.42 bits per heavy atom. The molecule has 1 heterocycles. The largest absolute Gasteiger partial charge is 0.329 e. The molecule has 0 fully saturated rings. The zero-order valence-corrected chi connectivity index (χ0v) is 10.7. The predicted octanol–water partition coefficient (Wildman–Crippen LogP) is 1.95. The average Bonchev–Trinajstić information content (AvgIpc) is 2.84. The van der Waals surface area contributed by atoms with Gasteiger partial charge in [0.25, 0.3) is 5.69 Å². The molecular formula is C13H16N4O2. The Morgan fingerprint density at radius 2 is 2.21 bits per heavy atom. The lowest BCUT2D eigenvalue weighted by atomic mass is 10.2. The molecule has 6 nitrogen and oxygen atoms in total. The number of nitrogens with one attached hydrogen (secondary N) is 1. The topological polar surface area (TPSA) is 73.0 Å². The molecule has 0 aliphatic carbocycles. The smallest absolute Gasteiger partial charge is 0.274 e. The van der Waals surface area contributed by atoms with Gasteiger partial charge in [0.05, 0.1) is 18.0 Å². The SMILES string of the molecule is CCNCc1nccn1Cc1ccccc1[N+](=O)[O-]. The maximum absolute atomic E-state index is 11.0. The second kappa shape index (κ2) is 6.10.